The smallest absolute Gasteiger partial charge is 0.799 e. The molecule has 6 heteroatoms. The van der Waals surface area contributed by atoms with E-state index in [0.717, 1.165) is 5.75 Å². The van der Waals surface area contributed by atoms with Crippen LogP contribution in [0.5, 0.6) is 0 Å². The van der Waals surface area contributed by atoms with Gasteiger partial charge in [-0.05, 0) is 0 Å². The molecule has 1 atom stereocenters. The Labute approximate surface area is 61.9 Å². The maximum absolute atomic E-state index is 9.31. The number of hydrogen-bond acceptors (Lipinski definition) is 2. The second-order valence-electron chi connectivity index (χ2n) is 0.496. The molecule has 2 nitrogen and oxygen atoms in total. The van der Waals surface area contributed by atoms with Crippen LogP contribution < -0.4 is 29.6 Å². The predicted octanol–water partition coefficient (Wildman–Crippen LogP) is -2.95. The molecule has 0 fully saturated rings. The van der Waals surface area contributed by atoms with Gasteiger partial charge in [0.15, 0.2) is 0 Å². The molecule has 8 heavy (non-hydrogen) atoms. The summed E-state index contributed by atoms with van der Waals surface area (Å²) < 4.78 is 18.6. The Morgan fingerprint density at radius 3 is 1.62 bits per heavy atom. The quantitative estimate of drug-likeness (QED) is 0.174. The molecule has 0 heterocycles. The van der Waals surface area contributed by atoms with E-state index < -0.39 is 11.1 Å². The van der Waals surface area contributed by atoms with E-state index in [2.05, 4.69) is 0 Å². The van der Waals surface area contributed by atoms with Crippen LogP contribution >= 0.6 is 0 Å². The third kappa shape index (κ3) is 70.1. The van der Waals surface area contributed by atoms with Gasteiger partial charge in [0.2, 0.25) is 0 Å². The second kappa shape index (κ2) is 16.5. The Balaban J connectivity index is -0.0000000267. The minimum Gasteiger partial charge on any atom is -0.799 e. The minimum atomic E-state index is -1.95. The zero-order chi connectivity index (χ0) is 4.28. The van der Waals surface area contributed by atoms with E-state index in [4.69, 9.17) is 0 Å². The van der Waals surface area contributed by atoms with Crippen molar-refractivity contribution in [2.75, 3.05) is 0 Å². The van der Waals surface area contributed by atoms with Gasteiger partial charge in [-0.15, -0.1) is 0 Å². The molecule has 0 radical (unpaired) electrons. The van der Waals surface area contributed by atoms with Crippen molar-refractivity contribution in [2.45, 2.75) is 6.92 Å². The van der Waals surface area contributed by atoms with E-state index in [1.807, 2.05) is 0 Å². The molecule has 0 amide bonds. The second-order valence-corrected chi connectivity index (χ2v) is 1.49. The molecule has 0 aliphatic heterocycles. The first-order chi connectivity index (χ1) is 2.27. The fraction of sp³-hybridized carbons (Fsp3) is 0.500. The Kier molecular flexibility index (Phi) is 56.6. The maximum atomic E-state index is 9.31. The van der Waals surface area contributed by atoms with Crippen LogP contribution in [0.4, 0.5) is 0 Å². The minimum absolute atomic E-state index is 0. The van der Waals surface area contributed by atoms with E-state index in [9.17, 15) is 8.76 Å². The Morgan fingerprint density at radius 2 is 1.62 bits per heavy atom. The van der Waals surface area contributed by atoms with Gasteiger partial charge in [0, 0.05) is 0 Å². The van der Waals surface area contributed by atoms with Crippen LogP contribution in [-0.2, 0) is 11.1 Å². The van der Waals surface area contributed by atoms with Crippen molar-refractivity contribution in [2.24, 2.45) is 0 Å². The fourth-order valence-corrected chi connectivity index (χ4v) is 0. The van der Waals surface area contributed by atoms with Gasteiger partial charge in [-0.25, -0.2) is 11.1 Å². The standard InChI is InChI=1S/C2H5O2S.Na.2Rf/c1-2-5(3)4;;;/h2H,1H3,(H,3,4);;;/q-1;+1;;/p-1. The van der Waals surface area contributed by atoms with E-state index in [0.29, 0.717) is 0 Å². The van der Waals surface area contributed by atoms with Gasteiger partial charge in [-0.1, -0.05) is 0 Å². The summed E-state index contributed by atoms with van der Waals surface area (Å²) >= 11 is -1.95. The monoisotopic (exact) mass is 649 g/mol. The molecule has 0 aliphatic rings. The Hall–Kier alpha value is -0.890. The topological polar surface area (TPSA) is 40.1 Å². The van der Waals surface area contributed by atoms with Gasteiger partial charge in [0.05, 0.1) is 0 Å². The summed E-state index contributed by atoms with van der Waals surface area (Å²) in [5.74, 6) is 1.08. The average Bonchev–Trinajstić information content (AvgIpc) is 1.38. The van der Waals surface area contributed by atoms with Crippen molar-refractivity contribution in [3.8, 4) is 0 Å². The largest absolute Gasteiger partial charge is 1.00 e. The summed E-state index contributed by atoms with van der Waals surface area (Å²) in [6.45, 7) is 1.46. The maximum Gasteiger partial charge on any atom is 1.00 e. The molecule has 0 aliphatic carbocycles. The van der Waals surface area contributed by atoms with Crippen molar-refractivity contribution in [3.63, 3.8) is 0 Å². The van der Waals surface area contributed by atoms with E-state index in [1.165, 1.54) is 6.92 Å². The van der Waals surface area contributed by atoms with Crippen LogP contribution in [0.3, 0.4) is 0 Å². The van der Waals surface area contributed by atoms with Crippen molar-refractivity contribution < 1.29 is 38.3 Å². The molecule has 0 aromatic rings. The van der Waals surface area contributed by atoms with E-state index in [-0.39, 0.29) is 29.6 Å². The van der Waals surface area contributed by atoms with Crippen LogP contribution in [0.15, 0.2) is 0 Å². The molecule has 0 saturated carbocycles. The molecule has 0 saturated heterocycles. The Morgan fingerprint density at radius 1 is 1.50 bits per heavy atom. The van der Waals surface area contributed by atoms with Gasteiger partial charge in [0.1, 0.15) is 0 Å². The molecule has 0 spiro atoms. The molecule has 0 N–H and O–H groups in total. The van der Waals surface area contributed by atoms with Gasteiger partial charge < -0.3 is 8.76 Å². The van der Waals surface area contributed by atoms with Crippen molar-refractivity contribution in [1.29, 1.82) is 0 Å². The van der Waals surface area contributed by atoms with Gasteiger partial charge in [-0.3, -0.25) is 5.75 Å². The van der Waals surface area contributed by atoms with Crippen LogP contribution in [0.25, 0.3) is 0 Å². The van der Waals surface area contributed by atoms with Crippen LogP contribution in [0.1, 0.15) is 6.92 Å². The third-order valence-corrected chi connectivity index (χ3v) is 0.577. The summed E-state index contributed by atoms with van der Waals surface area (Å²) in [7, 11) is 0. The molecule has 0 rings (SSSR count). The molecule has 36 valence electrons. The van der Waals surface area contributed by atoms with Crippen molar-refractivity contribution in [1.82, 2.24) is 0 Å². The number of hydrogen-bond donors (Lipinski definition) is 0. The predicted molar refractivity (Wildman–Crippen MR) is 18.9 cm³/mol. The zero-order valence-corrected chi connectivity index (χ0v) is 20.8. The first-order valence-electron chi connectivity index (χ1n) is 1.15. The molecular formula is C2H4NaO2Rf2S-. The third-order valence-electron chi connectivity index (χ3n) is 0.192. The number of rotatable bonds is 1. The molecule has 0 aromatic heterocycles. The van der Waals surface area contributed by atoms with Crippen molar-refractivity contribution in [3.05, 3.63) is 5.75 Å². The van der Waals surface area contributed by atoms with Crippen molar-refractivity contribution >= 4 is 11.1 Å². The summed E-state index contributed by atoms with van der Waals surface area (Å²) in [5.41, 5.74) is 0. The van der Waals surface area contributed by atoms with E-state index in [1.54, 1.807) is 0 Å². The summed E-state index contributed by atoms with van der Waals surface area (Å²) in [6, 6.07) is 0. The average molecular weight is 649 g/mol. The first kappa shape index (κ1) is 27.4. The Bertz CT molecular complexity index is 53.3. The molecule has 0 bridgehead atoms. The zero-order valence-electron chi connectivity index (χ0n) is 5.22. The van der Waals surface area contributed by atoms with Crippen LogP contribution in [-0.4, -0.2) is 8.76 Å². The van der Waals surface area contributed by atoms with E-state index >= 15 is 0 Å². The fourth-order valence-electron chi connectivity index (χ4n) is 0. The molecule has 0 aromatic carbocycles. The van der Waals surface area contributed by atoms with Crippen LogP contribution in [0, 0.1) is 5.75 Å². The molecular weight excluding hydrogens is 645 g/mol. The molecule has 1 unspecified atom stereocenters. The van der Waals surface area contributed by atoms with Gasteiger partial charge in [-0.2, -0.15) is 6.92 Å². The summed E-state index contributed by atoms with van der Waals surface area (Å²) in [6.07, 6.45) is 0. The summed E-state index contributed by atoms with van der Waals surface area (Å²) in [5, 5.41) is 0. The van der Waals surface area contributed by atoms with Gasteiger partial charge in [0.25, 0.3) is 0 Å². The normalized spacial score (nSPS) is 9.25. The first-order valence-corrected chi connectivity index (χ1v) is 2.28. The van der Waals surface area contributed by atoms with Gasteiger partial charge >= 0.3 is 29.6 Å². The van der Waals surface area contributed by atoms with Crippen LogP contribution in [0.2, 0.25) is 0 Å². The SMILES string of the molecule is C[CH-]S(=O)[O-].[Na+].[Rf].[Rf]. The summed E-state index contributed by atoms with van der Waals surface area (Å²) in [4.78, 5) is 0.